The Morgan fingerprint density at radius 2 is 1.81 bits per heavy atom. The van der Waals surface area contributed by atoms with Crippen molar-refractivity contribution in [1.82, 2.24) is 0 Å². The molecule has 1 aromatic carbocycles. The molecule has 21 heavy (non-hydrogen) atoms. The average Bonchev–Trinajstić information content (AvgIpc) is 2.41. The number of aliphatic carboxylic acids is 1. The van der Waals surface area contributed by atoms with Gasteiger partial charge in [0.05, 0.1) is 11.8 Å². The number of allylic oxidation sites excluding steroid dienone is 2. The van der Waals surface area contributed by atoms with Crippen LogP contribution in [0, 0.1) is 11.8 Å². The molecule has 1 aromatic rings. The van der Waals surface area contributed by atoms with E-state index in [1.807, 2.05) is 26.0 Å². The monoisotopic (exact) mass is 351 g/mol. The van der Waals surface area contributed by atoms with Gasteiger partial charge in [-0.25, -0.2) is 0 Å². The minimum atomic E-state index is -0.906. The number of anilines is 1. The van der Waals surface area contributed by atoms with Crippen LogP contribution in [0.2, 0.25) is 0 Å². The number of hydrogen-bond donors (Lipinski definition) is 2. The first-order valence-electron chi connectivity index (χ1n) is 6.83. The van der Waals surface area contributed by atoms with Crippen LogP contribution in [-0.4, -0.2) is 17.0 Å². The van der Waals surface area contributed by atoms with Crippen LogP contribution in [0.1, 0.15) is 26.7 Å². The number of carbonyl (C=O) groups excluding carboxylic acids is 1. The number of rotatable bonds is 3. The number of carboxylic acids is 1. The van der Waals surface area contributed by atoms with Gasteiger partial charge >= 0.3 is 5.97 Å². The number of benzene rings is 1. The number of carbonyl (C=O) groups is 2. The summed E-state index contributed by atoms with van der Waals surface area (Å²) in [7, 11) is 0. The third-order valence-electron chi connectivity index (χ3n) is 4.01. The predicted octanol–water partition coefficient (Wildman–Crippen LogP) is 3.83. The highest BCUT2D eigenvalue weighted by molar-refractivity contribution is 9.10. The fourth-order valence-electron chi connectivity index (χ4n) is 2.63. The van der Waals surface area contributed by atoms with E-state index >= 15 is 0 Å². The second kappa shape index (κ2) is 6.43. The summed E-state index contributed by atoms with van der Waals surface area (Å²) in [5.41, 5.74) is 2.86. The van der Waals surface area contributed by atoms with Gasteiger partial charge < -0.3 is 10.4 Å². The van der Waals surface area contributed by atoms with Gasteiger partial charge in [-0.05, 0) is 44.9 Å². The van der Waals surface area contributed by atoms with Gasteiger partial charge in [0.25, 0.3) is 0 Å². The molecule has 2 N–H and O–H groups in total. The minimum Gasteiger partial charge on any atom is -0.481 e. The van der Waals surface area contributed by atoms with E-state index in [1.54, 1.807) is 12.1 Å². The molecule has 5 heteroatoms. The SMILES string of the molecule is CC1=C(C)CC(C(=O)Nc2cccc(Br)c2)C(C(=O)O)C1. The molecule has 0 heterocycles. The molecule has 0 aliphatic heterocycles. The predicted molar refractivity (Wildman–Crippen MR) is 85.0 cm³/mol. The summed E-state index contributed by atoms with van der Waals surface area (Å²) in [4.78, 5) is 23.9. The molecule has 112 valence electrons. The van der Waals surface area contributed by atoms with Crippen LogP contribution in [0.5, 0.6) is 0 Å². The molecule has 0 spiro atoms. The average molecular weight is 352 g/mol. The number of hydrogen-bond acceptors (Lipinski definition) is 2. The molecule has 0 bridgehead atoms. The normalized spacial score (nSPS) is 22.0. The fraction of sp³-hybridized carbons (Fsp3) is 0.375. The summed E-state index contributed by atoms with van der Waals surface area (Å²) in [6.07, 6.45) is 0.945. The summed E-state index contributed by atoms with van der Waals surface area (Å²) in [6, 6.07) is 7.27. The van der Waals surface area contributed by atoms with Crippen molar-refractivity contribution in [3.8, 4) is 0 Å². The minimum absolute atomic E-state index is 0.229. The lowest BCUT2D eigenvalue weighted by Crippen LogP contribution is -2.36. The van der Waals surface area contributed by atoms with E-state index < -0.39 is 17.8 Å². The van der Waals surface area contributed by atoms with E-state index in [2.05, 4.69) is 21.2 Å². The van der Waals surface area contributed by atoms with Gasteiger partial charge in [-0.2, -0.15) is 0 Å². The van der Waals surface area contributed by atoms with E-state index in [0.29, 0.717) is 18.5 Å². The zero-order valence-electron chi connectivity index (χ0n) is 12.0. The standard InChI is InChI=1S/C16H18BrNO3/c1-9-6-13(14(16(20)21)7-10(9)2)15(19)18-12-5-3-4-11(17)8-12/h3-5,8,13-14H,6-7H2,1-2H3,(H,18,19)(H,20,21). The lowest BCUT2D eigenvalue weighted by molar-refractivity contribution is -0.146. The zero-order valence-corrected chi connectivity index (χ0v) is 13.6. The lowest BCUT2D eigenvalue weighted by Gasteiger charge is -2.29. The molecule has 0 saturated heterocycles. The Hall–Kier alpha value is -1.62. The Labute approximate surface area is 132 Å². The molecule has 0 radical (unpaired) electrons. The van der Waals surface area contributed by atoms with Crippen molar-refractivity contribution < 1.29 is 14.7 Å². The quantitative estimate of drug-likeness (QED) is 0.813. The molecular weight excluding hydrogens is 334 g/mol. The Kier molecular flexibility index (Phi) is 4.83. The largest absolute Gasteiger partial charge is 0.481 e. The summed E-state index contributed by atoms with van der Waals surface area (Å²) >= 11 is 3.35. The van der Waals surface area contributed by atoms with Gasteiger partial charge in [0, 0.05) is 10.2 Å². The maximum Gasteiger partial charge on any atom is 0.307 e. The Balaban J connectivity index is 2.18. The van der Waals surface area contributed by atoms with Gasteiger partial charge in [0.15, 0.2) is 0 Å². The number of amides is 1. The van der Waals surface area contributed by atoms with E-state index in [4.69, 9.17) is 0 Å². The van der Waals surface area contributed by atoms with Gasteiger partial charge in [0.2, 0.25) is 5.91 Å². The molecule has 1 aliphatic carbocycles. The van der Waals surface area contributed by atoms with Crippen LogP contribution in [0.15, 0.2) is 39.9 Å². The number of carboxylic acid groups (broad SMARTS) is 1. The molecule has 2 atom stereocenters. The van der Waals surface area contributed by atoms with Gasteiger partial charge in [-0.15, -0.1) is 0 Å². The van der Waals surface area contributed by atoms with E-state index in [-0.39, 0.29) is 5.91 Å². The Morgan fingerprint density at radius 1 is 1.19 bits per heavy atom. The highest BCUT2D eigenvalue weighted by Gasteiger charge is 2.37. The highest BCUT2D eigenvalue weighted by atomic mass is 79.9. The van der Waals surface area contributed by atoms with Crippen molar-refractivity contribution in [3.63, 3.8) is 0 Å². The molecule has 1 amide bonds. The van der Waals surface area contributed by atoms with Crippen LogP contribution >= 0.6 is 15.9 Å². The maximum absolute atomic E-state index is 12.4. The van der Waals surface area contributed by atoms with Gasteiger partial charge in [-0.1, -0.05) is 33.1 Å². The second-order valence-electron chi connectivity index (χ2n) is 5.52. The van der Waals surface area contributed by atoms with Crippen LogP contribution in [-0.2, 0) is 9.59 Å². The molecule has 0 fully saturated rings. The van der Waals surface area contributed by atoms with Crippen molar-refractivity contribution >= 4 is 33.5 Å². The summed E-state index contributed by atoms with van der Waals surface area (Å²) in [6.45, 7) is 3.90. The summed E-state index contributed by atoms with van der Waals surface area (Å²) in [5, 5.41) is 12.2. The van der Waals surface area contributed by atoms with Crippen molar-refractivity contribution in [2.75, 3.05) is 5.32 Å². The van der Waals surface area contributed by atoms with Gasteiger partial charge in [-0.3, -0.25) is 9.59 Å². The summed E-state index contributed by atoms with van der Waals surface area (Å²) < 4.78 is 0.866. The van der Waals surface area contributed by atoms with Crippen LogP contribution < -0.4 is 5.32 Å². The van der Waals surface area contributed by atoms with E-state index in [1.165, 1.54) is 0 Å². The third-order valence-corrected chi connectivity index (χ3v) is 4.51. The van der Waals surface area contributed by atoms with Crippen molar-refractivity contribution in [2.24, 2.45) is 11.8 Å². The van der Waals surface area contributed by atoms with Crippen molar-refractivity contribution in [1.29, 1.82) is 0 Å². The highest BCUT2D eigenvalue weighted by Crippen LogP contribution is 2.35. The van der Waals surface area contributed by atoms with Crippen molar-refractivity contribution in [3.05, 3.63) is 39.9 Å². The number of nitrogens with one attached hydrogen (secondary N) is 1. The molecule has 2 unspecified atom stereocenters. The summed E-state index contributed by atoms with van der Waals surface area (Å²) in [5.74, 6) is -2.31. The lowest BCUT2D eigenvalue weighted by atomic mass is 9.76. The first kappa shape index (κ1) is 15.8. The molecule has 4 nitrogen and oxygen atoms in total. The third kappa shape index (κ3) is 3.73. The second-order valence-corrected chi connectivity index (χ2v) is 6.44. The molecule has 0 saturated carbocycles. The van der Waals surface area contributed by atoms with Gasteiger partial charge in [0.1, 0.15) is 0 Å². The topological polar surface area (TPSA) is 66.4 Å². The molecule has 1 aliphatic rings. The van der Waals surface area contributed by atoms with E-state index in [9.17, 15) is 14.7 Å². The molecule has 2 rings (SSSR count). The van der Waals surface area contributed by atoms with Crippen molar-refractivity contribution in [2.45, 2.75) is 26.7 Å². The smallest absolute Gasteiger partial charge is 0.307 e. The number of halogens is 1. The maximum atomic E-state index is 12.4. The zero-order chi connectivity index (χ0) is 15.6. The van der Waals surface area contributed by atoms with E-state index in [0.717, 1.165) is 15.6 Å². The molecular formula is C16H18BrNO3. The molecule has 0 aromatic heterocycles. The first-order chi connectivity index (χ1) is 9.88. The van der Waals surface area contributed by atoms with Crippen LogP contribution in [0.4, 0.5) is 5.69 Å². The Bertz CT molecular complexity index is 609. The first-order valence-corrected chi connectivity index (χ1v) is 7.62. The fourth-order valence-corrected chi connectivity index (χ4v) is 3.03. The Morgan fingerprint density at radius 3 is 2.38 bits per heavy atom. The van der Waals surface area contributed by atoms with Crippen LogP contribution in [0.3, 0.4) is 0 Å². The van der Waals surface area contributed by atoms with Crippen LogP contribution in [0.25, 0.3) is 0 Å².